The van der Waals surface area contributed by atoms with Gasteiger partial charge in [-0.2, -0.15) is 13.2 Å². The molecular formula is C14H15BrF3NO. The molecule has 1 aliphatic heterocycles. The van der Waals surface area contributed by atoms with Crippen LogP contribution in [0.25, 0.3) is 0 Å². The Balaban J connectivity index is 2.34. The lowest BCUT2D eigenvalue weighted by molar-refractivity contribution is -0.138. The molecule has 0 aromatic heterocycles. The van der Waals surface area contributed by atoms with E-state index in [1.54, 1.807) is 0 Å². The monoisotopic (exact) mass is 349 g/mol. The lowest BCUT2D eigenvalue weighted by Gasteiger charge is -2.31. The first kappa shape index (κ1) is 15.4. The van der Waals surface area contributed by atoms with Gasteiger partial charge >= 0.3 is 6.18 Å². The zero-order valence-corrected chi connectivity index (χ0v) is 12.6. The topological polar surface area (TPSA) is 20.3 Å². The van der Waals surface area contributed by atoms with Crippen LogP contribution >= 0.6 is 15.9 Å². The number of halogens is 4. The number of alkyl halides is 3. The fourth-order valence-corrected chi connectivity index (χ4v) is 2.84. The number of amides is 1. The smallest absolute Gasteiger partial charge is 0.338 e. The van der Waals surface area contributed by atoms with Gasteiger partial charge in [0.25, 0.3) is 5.91 Å². The summed E-state index contributed by atoms with van der Waals surface area (Å²) in [6.45, 7) is 3.05. The molecular weight excluding hydrogens is 335 g/mol. The number of hydrogen-bond acceptors (Lipinski definition) is 1. The molecule has 0 bridgehead atoms. The quantitative estimate of drug-likeness (QED) is 0.738. The maximum Gasteiger partial charge on any atom is 0.417 e. The normalized spacial score (nSPS) is 20.1. The Hall–Kier alpha value is -1.04. The van der Waals surface area contributed by atoms with E-state index in [0.717, 1.165) is 18.9 Å². The third kappa shape index (κ3) is 3.34. The van der Waals surface area contributed by atoms with E-state index in [1.807, 2.05) is 6.92 Å². The zero-order chi connectivity index (χ0) is 14.9. The van der Waals surface area contributed by atoms with Gasteiger partial charge in [-0.05, 0) is 37.0 Å². The highest BCUT2D eigenvalue weighted by molar-refractivity contribution is 9.10. The molecule has 0 N–H and O–H groups in total. The molecule has 0 aliphatic carbocycles. The Bertz CT molecular complexity index is 516. The van der Waals surface area contributed by atoms with E-state index in [0.29, 0.717) is 23.5 Å². The van der Waals surface area contributed by atoms with Crippen molar-refractivity contribution >= 4 is 21.8 Å². The van der Waals surface area contributed by atoms with Crippen LogP contribution in [0.5, 0.6) is 0 Å². The summed E-state index contributed by atoms with van der Waals surface area (Å²) in [7, 11) is 0. The fraction of sp³-hybridized carbons (Fsp3) is 0.500. The van der Waals surface area contributed by atoms with Crippen molar-refractivity contribution in [3.63, 3.8) is 0 Å². The second-order valence-corrected chi connectivity index (χ2v) is 6.10. The highest BCUT2D eigenvalue weighted by Gasteiger charge is 2.36. The van der Waals surface area contributed by atoms with Gasteiger partial charge in [0.1, 0.15) is 0 Å². The van der Waals surface area contributed by atoms with Crippen molar-refractivity contribution in [1.29, 1.82) is 0 Å². The van der Waals surface area contributed by atoms with Crippen molar-refractivity contribution in [2.75, 3.05) is 13.1 Å². The molecule has 110 valence electrons. The maximum atomic E-state index is 13.0. The number of carbonyl (C=O) groups excluding carboxylic acids is 1. The van der Waals surface area contributed by atoms with E-state index in [4.69, 9.17) is 0 Å². The Morgan fingerprint density at radius 1 is 1.40 bits per heavy atom. The van der Waals surface area contributed by atoms with Gasteiger partial charge in [0.15, 0.2) is 0 Å². The molecule has 0 saturated carbocycles. The Labute approximate surface area is 124 Å². The molecule has 6 heteroatoms. The minimum atomic E-state index is -4.53. The largest absolute Gasteiger partial charge is 0.417 e. The third-order valence-corrected chi connectivity index (χ3v) is 3.95. The van der Waals surface area contributed by atoms with E-state index in [9.17, 15) is 18.0 Å². The highest BCUT2D eigenvalue weighted by atomic mass is 79.9. The zero-order valence-electron chi connectivity index (χ0n) is 11.0. The van der Waals surface area contributed by atoms with Crippen LogP contribution in [0.3, 0.4) is 0 Å². The van der Waals surface area contributed by atoms with Crippen molar-refractivity contribution in [2.45, 2.75) is 25.9 Å². The van der Waals surface area contributed by atoms with Gasteiger partial charge in [-0.1, -0.05) is 22.9 Å². The molecule has 1 aliphatic rings. The van der Waals surface area contributed by atoms with Crippen molar-refractivity contribution in [3.05, 3.63) is 33.8 Å². The standard InChI is InChI=1S/C14H15BrF3NO/c1-9-3-2-6-19(8-9)13(20)11-5-4-10(15)7-12(11)14(16,17)18/h4-5,7,9H,2-3,6,8H2,1H3. The van der Waals surface area contributed by atoms with Gasteiger partial charge in [0, 0.05) is 17.6 Å². The van der Waals surface area contributed by atoms with Gasteiger partial charge in [0.05, 0.1) is 11.1 Å². The van der Waals surface area contributed by atoms with Crippen molar-refractivity contribution < 1.29 is 18.0 Å². The van der Waals surface area contributed by atoms with Crippen LogP contribution in [0.15, 0.2) is 22.7 Å². The van der Waals surface area contributed by atoms with Crippen LogP contribution in [-0.2, 0) is 6.18 Å². The van der Waals surface area contributed by atoms with E-state index >= 15 is 0 Å². The first-order valence-electron chi connectivity index (χ1n) is 6.45. The molecule has 1 amide bonds. The maximum absolute atomic E-state index is 13.0. The predicted molar refractivity (Wildman–Crippen MR) is 73.4 cm³/mol. The summed E-state index contributed by atoms with van der Waals surface area (Å²) in [6.07, 6.45) is -2.68. The van der Waals surface area contributed by atoms with Crippen molar-refractivity contribution in [3.8, 4) is 0 Å². The molecule has 1 fully saturated rings. The van der Waals surface area contributed by atoms with Gasteiger partial charge in [0.2, 0.25) is 0 Å². The Morgan fingerprint density at radius 3 is 2.70 bits per heavy atom. The number of likely N-dealkylation sites (tertiary alicyclic amines) is 1. The molecule has 1 heterocycles. The number of nitrogens with zero attached hydrogens (tertiary/aromatic N) is 1. The molecule has 1 saturated heterocycles. The summed E-state index contributed by atoms with van der Waals surface area (Å²) >= 11 is 3.02. The van der Waals surface area contributed by atoms with Crippen LogP contribution in [0, 0.1) is 5.92 Å². The van der Waals surface area contributed by atoms with Crippen LogP contribution < -0.4 is 0 Å². The van der Waals surface area contributed by atoms with E-state index in [-0.39, 0.29) is 5.56 Å². The number of carbonyl (C=O) groups is 1. The first-order valence-corrected chi connectivity index (χ1v) is 7.24. The number of rotatable bonds is 1. The SMILES string of the molecule is CC1CCCN(C(=O)c2ccc(Br)cc2C(F)(F)F)C1. The molecule has 1 aromatic rings. The third-order valence-electron chi connectivity index (χ3n) is 3.46. The van der Waals surface area contributed by atoms with Gasteiger partial charge < -0.3 is 4.90 Å². The molecule has 2 nitrogen and oxygen atoms in total. The van der Waals surface area contributed by atoms with E-state index in [2.05, 4.69) is 15.9 Å². The van der Waals surface area contributed by atoms with Crippen LogP contribution in [0.2, 0.25) is 0 Å². The van der Waals surface area contributed by atoms with Gasteiger partial charge in [-0.3, -0.25) is 4.79 Å². The second kappa shape index (κ2) is 5.76. The summed E-state index contributed by atoms with van der Waals surface area (Å²) in [6, 6.07) is 3.67. The first-order chi connectivity index (χ1) is 9.29. The summed E-state index contributed by atoms with van der Waals surface area (Å²) < 4.78 is 39.4. The lowest BCUT2D eigenvalue weighted by Crippen LogP contribution is -2.39. The highest BCUT2D eigenvalue weighted by Crippen LogP contribution is 2.34. The second-order valence-electron chi connectivity index (χ2n) is 5.19. The van der Waals surface area contributed by atoms with Crippen LogP contribution in [0.4, 0.5) is 13.2 Å². The minimum Gasteiger partial charge on any atom is -0.338 e. The molecule has 0 spiro atoms. The Kier molecular flexibility index (Phi) is 4.42. The van der Waals surface area contributed by atoms with Crippen LogP contribution in [0.1, 0.15) is 35.7 Å². The van der Waals surface area contributed by atoms with Gasteiger partial charge in [-0.15, -0.1) is 0 Å². The van der Waals surface area contributed by atoms with Gasteiger partial charge in [-0.25, -0.2) is 0 Å². The number of hydrogen-bond donors (Lipinski definition) is 0. The fourth-order valence-electron chi connectivity index (χ4n) is 2.48. The average Bonchev–Trinajstić information content (AvgIpc) is 2.37. The summed E-state index contributed by atoms with van der Waals surface area (Å²) in [5.74, 6) is -0.200. The average molecular weight is 350 g/mol. The van der Waals surface area contributed by atoms with Crippen molar-refractivity contribution in [2.24, 2.45) is 5.92 Å². The van der Waals surface area contributed by atoms with E-state index in [1.165, 1.54) is 17.0 Å². The predicted octanol–water partition coefficient (Wildman–Crippen LogP) is 4.34. The van der Waals surface area contributed by atoms with E-state index < -0.39 is 17.6 Å². The number of piperidine rings is 1. The molecule has 20 heavy (non-hydrogen) atoms. The molecule has 1 atom stereocenters. The molecule has 1 unspecified atom stereocenters. The Morgan fingerprint density at radius 2 is 2.10 bits per heavy atom. The summed E-state index contributed by atoms with van der Waals surface area (Å²) in [5.41, 5.74) is -1.15. The lowest BCUT2D eigenvalue weighted by atomic mass is 9.98. The number of benzene rings is 1. The summed E-state index contributed by atoms with van der Waals surface area (Å²) in [4.78, 5) is 13.9. The molecule has 1 aromatic carbocycles. The molecule has 0 radical (unpaired) electrons. The molecule has 2 rings (SSSR count). The van der Waals surface area contributed by atoms with Crippen LogP contribution in [-0.4, -0.2) is 23.9 Å². The minimum absolute atomic E-state index is 0.269. The van der Waals surface area contributed by atoms with Crippen molar-refractivity contribution in [1.82, 2.24) is 4.90 Å². The summed E-state index contributed by atoms with van der Waals surface area (Å²) in [5, 5.41) is 0.